The second-order valence-corrected chi connectivity index (χ2v) is 6.64. The molecule has 0 aromatic heterocycles. The van der Waals surface area contributed by atoms with Crippen molar-refractivity contribution in [2.75, 3.05) is 18.5 Å². The summed E-state index contributed by atoms with van der Waals surface area (Å²) < 4.78 is 11.3. The zero-order valence-electron chi connectivity index (χ0n) is 16.0. The first-order chi connectivity index (χ1) is 12.6. The van der Waals surface area contributed by atoms with E-state index < -0.39 is 0 Å². The van der Waals surface area contributed by atoms with Gasteiger partial charge in [-0.3, -0.25) is 4.79 Å². The van der Waals surface area contributed by atoms with Crippen LogP contribution >= 0.6 is 0 Å². The molecule has 0 saturated heterocycles. The Morgan fingerprint density at radius 1 is 1.00 bits per heavy atom. The van der Waals surface area contributed by atoms with Gasteiger partial charge in [-0.25, -0.2) is 0 Å². The lowest BCUT2D eigenvalue weighted by atomic mass is 10.0. The molecule has 0 aliphatic heterocycles. The Labute approximate surface area is 156 Å². The molecule has 0 aliphatic rings. The zero-order valence-corrected chi connectivity index (χ0v) is 16.0. The number of hydrogen-bond donors (Lipinski definition) is 1. The molecule has 0 aliphatic carbocycles. The Bertz CT molecular complexity index is 680. The van der Waals surface area contributed by atoms with Crippen LogP contribution in [0.2, 0.25) is 0 Å². The van der Waals surface area contributed by atoms with Crippen LogP contribution in [0.25, 0.3) is 0 Å². The molecule has 0 bridgehead atoms. The van der Waals surface area contributed by atoms with Crippen LogP contribution < -0.4 is 14.8 Å². The van der Waals surface area contributed by atoms with Gasteiger partial charge in [0.1, 0.15) is 11.5 Å². The molecule has 0 heterocycles. The molecular formula is C22H29NO3. The van der Waals surface area contributed by atoms with Gasteiger partial charge in [-0.15, -0.1) is 0 Å². The molecule has 2 aromatic rings. The summed E-state index contributed by atoms with van der Waals surface area (Å²) in [5.41, 5.74) is 1.92. The van der Waals surface area contributed by atoms with Gasteiger partial charge in [0, 0.05) is 5.69 Å². The Morgan fingerprint density at radius 3 is 2.46 bits per heavy atom. The van der Waals surface area contributed by atoms with E-state index in [1.807, 2.05) is 42.5 Å². The van der Waals surface area contributed by atoms with Gasteiger partial charge < -0.3 is 14.8 Å². The Kier molecular flexibility index (Phi) is 8.00. The van der Waals surface area contributed by atoms with E-state index in [1.165, 1.54) is 18.4 Å². The molecule has 1 N–H and O–H groups in total. The molecule has 0 unspecified atom stereocenters. The van der Waals surface area contributed by atoms with Crippen LogP contribution in [0.4, 0.5) is 5.69 Å². The number of carbonyl (C=O) groups is 1. The second-order valence-electron chi connectivity index (χ2n) is 6.64. The summed E-state index contributed by atoms with van der Waals surface area (Å²) in [6, 6.07) is 15.3. The van der Waals surface area contributed by atoms with E-state index >= 15 is 0 Å². The van der Waals surface area contributed by atoms with Crippen LogP contribution in [0.1, 0.15) is 51.5 Å². The molecule has 0 fully saturated rings. The predicted octanol–water partition coefficient (Wildman–Crippen LogP) is 5.40. The average molecular weight is 355 g/mol. The lowest BCUT2D eigenvalue weighted by molar-refractivity contribution is -0.118. The number of ether oxygens (including phenoxy) is 2. The fraction of sp³-hybridized carbons (Fsp3) is 0.409. The normalized spacial score (nSPS) is 10.6. The number of amides is 1. The molecule has 4 nitrogen and oxygen atoms in total. The fourth-order valence-corrected chi connectivity index (χ4v) is 2.49. The summed E-state index contributed by atoms with van der Waals surface area (Å²) in [5.74, 6) is 1.77. The van der Waals surface area contributed by atoms with Gasteiger partial charge in [-0.1, -0.05) is 45.7 Å². The van der Waals surface area contributed by atoms with Crippen LogP contribution in [-0.4, -0.2) is 19.1 Å². The van der Waals surface area contributed by atoms with Crippen molar-refractivity contribution in [1.29, 1.82) is 0 Å². The molecule has 2 aromatic carbocycles. The highest BCUT2D eigenvalue weighted by atomic mass is 16.5. The number of unbranched alkanes of at least 4 members (excludes halogenated alkanes) is 2. The van der Waals surface area contributed by atoms with Gasteiger partial charge in [0.2, 0.25) is 0 Å². The summed E-state index contributed by atoms with van der Waals surface area (Å²) in [7, 11) is 0. The quantitative estimate of drug-likeness (QED) is 0.581. The zero-order chi connectivity index (χ0) is 18.8. The molecule has 0 radical (unpaired) electrons. The van der Waals surface area contributed by atoms with Gasteiger partial charge in [0.15, 0.2) is 6.61 Å². The third-order valence-corrected chi connectivity index (χ3v) is 4.05. The highest BCUT2D eigenvalue weighted by Gasteiger charge is 2.06. The van der Waals surface area contributed by atoms with Gasteiger partial charge in [0.25, 0.3) is 5.91 Å². The van der Waals surface area contributed by atoms with Gasteiger partial charge >= 0.3 is 0 Å². The van der Waals surface area contributed by atoms with Crippen molar-refractivity contribution in [1.82, 2.24) is 0 Å². The van der Waals surface area contributed by atoms with Crippen LogP contribution in [0, 0.1) is 0 Å². The van der Waals surface area contributed by atoms with E-state index in [4.69, 9.17) is 9.47 Å². The predicted molar refractivity (Wildman–Crippen MR) is 106 cm³/mol. The van der Waals surface area contributed by atoms with Crippen LogP contribution in [0.3, 0.4) is 0 Å². The lowest BCUT2D eigenvalue weighted by Crippen LogP contribution is -2.20. The minimum Gasteiger partial charge on any atom is -0.494 e. The summed E-state index contributed by atoms with van der Waals surface area (Å²) in [5, 5.41) is 2.83. The average Bonchev–Trinajstić information content (AvgIpc) is 2.65. The largest absolute Gasteiger partial charge is 0.494 e. The molecule has 2 rings (SSSR count). The molecule has 0 atom stereocenters. The maximum atomic E-state index is 12.1. The summed E-state index contributed by atoms with van der Waals surface area (Å²) in [6.45, 7) is 7.13. The number of benzene rings is 2. The Balaban J connectivity index is 1.78. The van der Waals surface area contributed by atoms with E-state index in [2.05, 4.69) is 32.2 Å². The monoisotopic (exact) mass is 355 g/mol. The fourth-order valence-electron chi connectivity index (χ4n) is 2.49. The first-order valence-corrected chi connectivity index (χ1v) is 9.34. The van der Waals surface area contributed by atoms with Gasteiger partial charge in [-0.05, 0) is 54.3 Å². The number of rotatable bonds is 10. The molecular weight excluding hydrogens is 326 g/mol. The molecule has 140 valence electrons. The first kappa shape index (κ1) is 19.8. The second kappa shape index (κ2) is 10.5. The minimum atomic E-state index is -0.184. The molecule has 26 heavy (non-hydrogen) atoms. The maximum absolute atomic E-state index is 12.1. The number of anilines is 1. The van der Waals surface area contributed by atoms with E-state index in [1.54, 1.807) is 0 Å². The van der Waals surface area contributed by atoms with Crippen molar-refractivity contribution in [2.24, 2.45) is 0 Å². The summed E-state index contributed by atoms with van der Waals surface area (Å²) in [4.78, 5) is 12.1. The molecule has 0 saturated carbocycles. The van der Waals surface area contributed by atoms with Crippen molar-refractivity contribution in [3.8, 4) is 11.5 Å². The number of nitrogens with one attached hydrogen (secondary N) is 1. The SMILES string of the molecule is CCCCCOc1ccc(NC(=O)COc2cccc(C(C)C)c2)cc1. The molecule has 0 spiro atoms. The van der Waals surface area contributed by atoms with E-state index in [0.717, 1.165) is 24.5 Å². The molecule has 1 amide bonds. The third-order valence-electron chi connectivity index (χ3n) is 4.05. The smallest absolute Gasteiger partial charge is 0.262 e. The van der Waals surface area contributed by atoms with Crippen molar-refractivity contribution < 1.29 is 14.3 Å². The minimum absolute atomic E-state index is 0.0170. The summed E-state index contributed by atoms with van der Waals surface area (Å²) >= 11 is 0. The highest BCUT2D eigenvalue weighted by Crippen LogP contribution is 2.20. The van der Waals surface area contributed by atoms with E-state index in [-0.39, 0.29) is 12.5 Å². The van der Waals surface area contributed by atoms with Crippen molar-refractivity contribution in [3.05, 3.63) is 54.1 Å². The van der Waals surface area contributed by atoms with Crippen LogP contribution in [-0.2, 0) is 4.79 Å². The number of hydrogen-bond acceptors (Lipinski definition) is 3. The van der Waals surface area contributed by atoms with Crippen LogP contribution in [0.5, 0.6) is 11.5 Å². The highest BCUT2D eigenvalue weighted by molar-refractivity contribution is 5.91. The van der Waals surface area contributed by atoms with Crippen LogP contribution in [0.15, 0.2) is 48.5 Å². The van der Waals surface area contributed by atoms with E-state index in [9.17, 15) is 4.79 Å². The van der Waals surface area contributed by atoms with Crippen molar-refractivity contribution >= 4 is 11.6 Å². The Hall–Kier alpha value is -2.49. The topological polar surface area (TPSA) is 47.6 Å². The standard InChI is InChI=1S/C22H29NO3/c1-4-5-6-14-25-20-12-10-19(11-13-20)23-22(24)16-26-21-9-7-8-18(15-21)17(2)3/h7-13,15,17H,4-6,14,16H2,1-3H3,(H,23,24). The first-order valence-electron chi connectivity index (χ1n) is 9.34. The van der Waals surface area contributed by atoms with Crippen molar-refractivity contribution in [2.45, 2.75) is 46.0 Å². The summed E-state index contributed by atoms with van der Waals surface area (Å²) in [6.07, 6.45) is 3.41. The number of carbonyl (C=O) groups excluding carboxylic acids is 1. The third kappa shape index (κ3) is 6.79. The maximum Gasteiger partial charge on any atom is 0.262 e. The molecule has 4 heteroatoms. The Morgan fingerprint density at radius 2 is 1.77 bits per heavy atom. The lowest BCUT2D eigenvalue weighted by Gasteiger charge is -2.11. The van der Waals surface area contributed by atoms with Gasteiger partial charge in [0.05, 0.1) is 6.61 Å². The van der Waals surface area contributed by atoms with Crippen molar-refractivity contribution in [3.63, 3.8) is 0 Å². The van der Waals surface area contributed by atoms with E-state index in [0.29, 0.717) is 11.7 Å². The van der Waals surface area contributed by atoms with Gasteiger partial charge in [-0.2, -0.15) is 0 Å².